The number of nitrogens with zero attached hydrogens (tertiary/aromatic N) is 2. The molecule has 0 aliphatic rings. The maximum atomic E-state index is 5.30. The van der Waals surface area contributed by atoms with Crippen LogP contribution in [0.15, 0.2) is 4.52 Å². The molecule has 0 fully saturated rings. The van der Waals surface area contributed by atoms with E-state index >= 15 is 0 Å². The van der Waals surface area contributed by atoms with Gasteiger partial charge in [0.25, 0.3) is 0 Å². The van der Waals surface area contributed by atoms with Gasteiger partial charge in [-0.05, 0) is 6.42 Å². The van der Waals surface area contributed by atoms with Crippen LogP contribution in [0.3, 0.4) is 0 Å². The van der Waals surface area contributed by atoms with Crippen molar-refractivity contribution >= 4 is 0 Å². The largest absolute Gasteiger partial charge is 0.383 e. The van der Waals surface area contributed by atoms with E-state index in [0.717, 1.165) is 19.6 Å². The molecule has 1 rings (SSSR count). The van der Waals surface area contributed by atoms with E-state index in [1.807, 2.05) is 0 Å². The molecule has 0 unspecified atom stereocenters. The second-order valence-electron chi connectivity index (χ2n) is 3.33. The predicted octanol–water partition coefficient (Wildman–Crippen LogP) is 0.732. The van der Waals surface area contributed by atoms with E-state index in [1.54, 1.807) is 7.11 Å². The SMILES string of the molecule is CCCOCc1noc(CNCCOC)n1. The summed E-state index contributed by atoms with van der Waals surface area (Å²) in [6.45, 7) is 5.18. The zero-order chi connectivity index (χ0) is 11.6. The van der Waals surface area contributed by atoms with Crippen LogP contribution in [0, 0.1) is 0 Å². The van der Waals surface area contributed by atoms with Gasteiger partial charge in [0, 0.05) is 20.3 Å². The third-order valence-electron chi connectivity index (χ3n) is 1.85. The lowest BCUT2D eigenvalue weighted by molar-refractivity contribution is 0.114. The van der Waals surface area contributed by atoms with Crippen LogP contribution in [0.1, 0.15) is 25.1 Å². The zero-order valence-corrected chi connectivity index (χ0v) is 9.86. The van der Waals surface area contributed by atoms with Gasteiger partial charge in [-0.2, -0.15) is 4.98 Å². The Morgan fingerprint density at radius 2 is 2.25 bits per heavy atom. The van der Waals surface area contributed by atoms with Gasteiger partial charge in [0.1, 0.15) is 6.61 Å². The third-order valence-corrected chi connectivity index (χ3v) is 1.85. The fourth-order valence-corrected chi connectivity index (χ4v) is 1.10. The van der Waals surface area contributed by atoms with E-state index < -0.39 is 0 Å². The number of hydrogen-bond donors (Lipinski definition) is 1. The van der Waals surface area contributed by atoms with Crippen molar-refractivity contribution in [1.29, 1.82) is 0 Å². The highest BCUT2D eigenvalue weighted by molar-refractivity contribution is 4.83. The van der Waals surface area contributed by atoms with E-state index in [0.29, 0.717) is 31.5 Å². The minimum absolute atomic E-state index is 0.412. The first-order valence-corrected chi connectivity index (χ1v) is 5.45. The van der Waals surface area contributed by atoms with Crippen molar-refractivity contribution in [1.82, 2.24) is 15.5 Å². The molecule has 0 bridgehead atoms. The van der Waals surface area contributed by atoms with Crippen molar-refractivity contribution in [3.63, 3.8) is 0 Å². The van der Waals surface area contributed by atoms with Crippen molar-refractivity contribution in [2.75, 3.05) is 26.9 Å². The molecule has 0 aromatic carbocycles. The van der Waals surface area contributed by atoms with Crippen LogP contribution >= 0.6 is 0 Å². The van der Waals surface area contributed by atoms with Gasteiger partial charge >= 0.3 is 0 Å². The molecule has 0 saturated heterocycles. The van der Waals surface area contributed by atoms with E-state index in [1.165, 1.54) is 0 Å². The summed E-state index contributed by atoms with van der Waals surface area (Å²) < 4.78 is 15.2. The molecule has 0 saturated carbocycles. The van der Waals surface area contributed by atoms with Crippen molar-refractivity contribution in [2.45, 2.75) is 26.5 Å². The molecule has 0 spiro atoms. The number of nitrogens with one attached hydrogen (secondary N) is 1. The number of methoxy groups -OCH3 is 1. The molecular formula is C10H19N3O3. The fraction of sp³-hybridized carbons (Fsp3) is 0.800. The summed E-state index contributed by atoms with van der Waals surface area (Å²) in [6, 6.07) is 0. The predicted molar refractivity (Wildman–Crippen MR) is 57.8 cm³/mol. The van der Waals surface area contributed by atoms with Crippen molar-refractivity contribution < 1.29 is 14.0 Å². The first-order valence-electron chi connectivity index (χ1n) is 5.45. The standard InChI is InChI=1S/C10H19N3O3/c1-3-5-15-8-9-12-10(16-13-9)7-11-4-6-14-2/h11H,3-8H2,1-2H3. The molecule has 1 aromatic rings. The molecule has 0 aliphatic heterocycles. The Morgan fingerprint density at radius 3 is 3.00 bits per heavy atom. The number of aromatic nitrogens is 2. The van der Waals surface area contributed by atoms with Crippen molar-refractivity contribution in [3.05, 3.63) is 11.7 Å². The molecule has 6 heteroatoms. The van der Waals surface area contributed by atoms with Crippen molar-refractivity contribution in [3.8, 4) is 0 Å². The first-order chi connectivity index (χ1) is 7.86. The summed E-state index contributed by atoms with van der Waals surface area (Å²) in [6.07, 6.45) is 0.989. The summed E-state index contributed by atoms with van der Waals surface area (Å²) in [5.74, 6) is 1.17. The van der Waals surface area contributed by atoms with Gasteiger partial charge in [-0.1, -0.05) is 12.1 Å². The molecule has 1 aromatic heterocycles. The normalized spacial score (nSPS) is 10.9. The second-order valence-corrected chi connectivity index (χ2v) is 3.33. The van der Waals surface area contributed by atoms with Gasteiger partial charge in [0.05, 0.1) is 13.2 Å². The van der Waals surface area contributed by atoms with Gasteiger partial charge in [0.15, 0.2) is 5.82 Å². The third kappa shape index (κ3) is 5.20. The Bertz CT molecular complexity index is 278. The van der Waals surface area contributed by atoms with Gasteiger partial charge in [-0.3, -0.25) is 0 Å². The van der Waals surface area contributed by atoms with Crippen LogP contribution < -0.4 is 5.32 Å². The van der Waals surface area contributed by atoms with Crippen LogP contribution in [-0.4, -0.2) is 37.0 Å². The highest BCUT2D eigenvalue weighted by Crippen LogP contribution is 1.99. The lowest BCUT2D eigenvalue weighted by atomic mass is 10.5. The minimum atomic E-state index is 0.412. The molecule has 16 heavy (non-hydrogen) atoms. The van der Waals surface area contributed by atoms with E-state index in [4.69, 9.17) is 14.0 Å². The molecule has 1 N–H and O–H groups in total. The monoisotopic (exact) mass is 229 g/mol. The number of ether oxygens (including phenoxy) is 2. The lowest BCUT2D eigenvalue weighted by Gasteiger charge is -1.98. The molecule has 0 atom stereocenters. The van der Waals surface area contributed by atoms with Crippen molar-refractivity contribution in [2.24, 2.45) is 0 Å². The maximum absolute atomic E-state index is 5.30. The Labute approximate surface area is 95.3 Å². The van der Waals surface area contributed by atoms with E-state index in [-0.39, 0.29) is 0 Å². The van der Waals surface area contributed by atoms with Crippen LogP contribution in [0.5, 0.6) is 0 Å². The summed E-state index contributed by atoms with van der Waals surface area (Å²) in [7, 11) is 1.66. The summed E-state index contributed by atoms with van der Waals surface area (Å²) in [5.41, 5.74) is 0. The molecule has 0 aliphatic carbocycles. The smallest absolute Gasteiger partial charge is 0.240 e. The quantitative estimate of drug-likeness (QED) is 0.630. The minimum Gasteiger partial charge on any atom is -0.383 e. The van der Waals surface area contributed by atoms with Crippen LogP contribution in [0.4, 0.5) is 0 Å². The fourth-order valence-electron chi connectivity index (χ4n) is 1.10. The molecule has 92 valence electrons. The topological polar surface area (TPSA) is 69.4 Å². The average Bonchev–Trinajstić information content (AvgIpc) is 2.73. The second kappa shape index (κ2) is 8.20. The molecule has 6 nitrogen and oxygen atoms in total. The number of rotatable bonds is 9. The highest BCUT2D eigenvalue weighted by atomic mass is 16.5. The molecule has 1 heterocycles. The van der Waals surface area contributed by atoms with Crippen LogP contribution in [0.25, 0.3) is 0 Å². The Hall–Kier alpha value is -0.980. The van der Waals surface area contributed by atoms with E-state index in [9.17, 15) is 0 Å². The maximum Gasteiger partial charge on any atom is 0.240 e. The Kier molecular flexibility index (Phi) is 6.71. The first kappa shape index (κ1) is 13.1. The van der Waals surface area contributed by atoms with Crippen LogP contribution in [0.2, 0.25) is 0 Å². The lowest BCUT2D eigenvalue weighted by Crippen LogP contribution is -2.18. The van der Waals surface area contributed by atoms with Gasteiger partial charge in [-0.15, -0.1) is 0 Å². The highest BCUT2D eigenvalue weighted by Gasteiger charge is 2.05. The van der Waals surface area contributed by atoms with E-state index in [2.05, 4.69) is 22.4 Å². The molecule has 0 radical (unpaired) electrons. The molecular weight excluding hydrogens is 210 g/mol. The summed E-state index contributed by atoms with van der Waals surface area (Å²) in [4.78, 5) is 4.17. The molecule has 0 amide bonds. The van der Waals surface area contributed by atoms with Gasteiger partial charge in [0.2, 0.25) is 5.89 Å². The Morgan fingerprint density at radius 1 is 1.38 bits per heavy atom. The van der Waals surface area contributed by atoms with Gasteiger partial charge in [-0.25, -0.2) is 0 Å². The Balaban J connectivity index is 2.17. The summed E-state index contributed by atoms with van der Waals surface area (Å²) in [5, 5.41) is 6.93. The number of hydrogen-bond acceptors (Lipinski definition) is 6. The average molecular weight is 229 g/mol. The summed E-state index contributed by atoms with van der Waals surface area (Å²) >= 11 is 0. The van der Waals surface area contributed by atoms with Gasteiger partial charge < -0.3 is 19.3 Å². The zero-order valence-electron chi connectivity index (χ0n) is 9.86. The van der Waals surface area contributed by atoms with Crippen LogP contribution in [-0.2, 0) is 22.6 Å².